The molecule has 0 bridgehead atoms. The van der Waals surface area contributed by atoms with Crippen LogP contribution < -0.4 is 5.32 Å². The molecule has 2 aromatic rings. The van der Waals surface area contributed by atoms with Gasteiger partial charge in [-0.2, -0.15) is 5.10 Å². The summed E-state index contributed by atoms with van der Waals surface area (Å²) >= 11 is 0. The van der Waals surface area contributed by atoms with Crippen molar-refractivity contribution in [3.05, 3.63) is 42.0 Å². The summed E-state index contributed by atoms with van der Waals surface area (Å²) in [4.78, 5) is 26.5. The summed E-state index contributed by atoms with van der Waals surface area (Å²) in [5.41, 5.74) is 2.70. The lowest BCUT2D eigenvalue weighted by Gasteiger charge is -2.34. The van der Waals surface area contributed by atoms with Crippen molar-refractivity contribution in [2.24, 2.45) is 5.92 Å². The number of likely N-dealkylation sites (tertiary alicyclic amines) is 1. The number of carbonyl (C=O) groups excluding carboxylic acids is 2. The molecular weight excluding hydrogens is 347 g/mol. The van der Waals surface area contributed by atoms with Crippen LogP contribution in [-0.2, 0) is 9.59 Å². The van der Waals surface area contributed by atoms with E-state index >= 15 is 0 Å². The van der Waals surface area contributed by atoms with Gasteiger partial charge in [0.2, 0.25) is 11.8 Å². The van der Waals surface area contributed by atoms with E-state index in [9.17, 15) is 14.0 Å². The van der Waals surface area contributed by atoms with Crippen molar-refractivity contribution in [2.75, 3.05) is 19.6 Å². The Hall–Kier alpha value is -2.70. The van der Waals surface area contributed by atoms with E-state index in [1.54, 1.807) is 12.3 Å². The highest BCUT2D eigenvalue weighted by Gasteiger charge is 2.35. The van der Waals surface area contributed by atoms with Gasteiger partial charge in [0.05, 0.1) is 6.20 Å². The Morgan fingerprint density at radius 3 is 2.78 bits per heavy atom. The van der Waals surface area contributed by atoms with Crippen LogP contribution in [0.1, 0.15) is 37.3 Å². The summed E-state index contributed by atoms with van der Waals surface area (Å²) < 4.78 is 13.6. The predicted molar refractivity (Wildman–Crippen MR) is 98.3 cm³/mol. The van der Waals surface area contributed by atoms with Gasteiger partial charge in [0.15, 0.2) is 0 Å². The molecule has 7 heteroatoms. The zero-order valence-electron chi connectivity index (χ0n) is 15.1. The summed E-state index contributed by atoms with van der Waals surface area (Å²) in [6.45, 7) is 1.90. The highest BCUT2D eigenvalue weighted by Crippen LogP contribution is 2.34. The smallest absolute Gasteiger partial charge is 0.235 e. The van der Waals surface area contributed by atoms with Crippen molar-refractivity contribution >= 4 is 11.8 Å². The number of nitrogens with zero attached hydrogens (tertiary/aromatic N) is 2. The molecule has 27 heavy (non-hydrogen) atoms. The molecular formula is C20H23FN4O2. The van der Waals surface area contributed by atoms with Gasteiger partial charge in [0, 0.05) is 36.8 Å². The van der Waals surface area contributed by atoms with Crippen LogP contribution >= 0.6 is 0 Å². The Morgan fingerprint density at radius 2 is 2.04 bits per heavy atom. The van der Waals surface area contributed by atoms with Crippen LogP contribution in [0.2, 0.25) is 0 Å². The Labute approximate surface area is 157 Å². The van der Waals surface area contributed by atoms with Crippen molar-refractivity contribution in [3.8, 4) is 11.1 Å². The van der Waals surface area contributed by atoms with Gasteiger partial charge in [-0.1, -0.05) is 12.1 Å². The first-order chi connectivity index (χ1) is 13.1. The molecule has 2 amide bonds. The van der Waals surface area contributed by atoms with Crippen molar-refractivity contribution in [2.45, 2.75) is 31.6 Å². The van der Waals surface area contributed by atoms with Crippen LogP contribution in [0.5, 0.6) is 0 Å². The van der Waals surface area contributed by atoms with Gasteiger partial charge in [-0.25, -0.2) is 4.39 Å². The van der Waals surface area contributed by atoms with Gasteiger partial charge in [-0.05, 0) is 43.4 Å². The Bertz CT molecular complexity index is 842. The topological polar surface area (TPSA) is 78.1 Å². The molecule has 0 radical (unpaired) electrons. The third-order valence-corrected chi connectivity index (χ3v) is 5.60. The second-order valence-electron chi connectivity index (χ2n) is 7.29. The van der Waals surface area contributed by atoms with Crippen LogP contribution in [0.3, 0.4) is 0 Å². The number of piperidine rings is 2. The molecule has 1 aromatic heterocycles. The molecule has 6 nitrogen and oxygen atoms in total. The predicted octanol–water partition coefficient (Wildman–Crippen LogP) is 2.45. The SMILES string of the molecule is O=C1NCCC[C@H]1C(=O)N1CCC(c2[nH]ncc2-c2cccc(F)c2)CC1. The normalized spacial score (nSPS) is 21.1. The van der Waals surface area contributed by atoms with E-state index in [2.05, 4.69) is 15.5 Å². The average molecular weight is 370 g/mol. The van der Waals surface area contributed by atoms with Crippen molar-refractivity contribution in [1.82, 2.24) is 20.4 Å². The number of benzene rings is 1. The highest BCUT2D eigenvalue weighted by atomic mass is 19.1. The van der Waals surface area contributed by atoms with Gasteiger partial charge in [0.25, 0.3) is 0 Å². The van der Waals surface area contributed by atoms with Crippen molar-refractivity contribution < 1.29 is 14.0 Å². The van der Waals surface area contributed by atoms with Crippen LogP contribution in [0, 0.1) is 11.7 Å². The fraction of sp³-hybridized carbons (Fsp3) is 0.450. The molecule has 0 unspecified atom stereocenters. The number of halogens is 1. The van der Waals surface area contributed by atoms with E-state index in [1.807, 2.05) is 11.0 Å². The maximum absolute atomic E-state index is 13.6. The maximum atomic E-state index is 13.6. The molecule has 2 aliphatic rings. The molecule has 1 aromatic carbocycles. The number of aromatic amines is 1. The largest absolute Gasteiger partial charge is 0.355 e. The van der Waals surface area contributed by atoms with E-state index in [-0.39, 0.29) is 23.5 Å². The van der Waals surface area contributed by atoms with E-state index < -0.39 is 5.92 Å². The van der Waals surface area contributed by atoms with Gasteiger partial charge in [-0.3, -0.25) is 14.7 Å². The second kappa shape index (κ2) is 7.50. The van der Waals surface area contributed by atoms with E-state index in [1.165, 1.54) is 12.1 Å². The third-order valence-electron chi connectivity index (χ3n) is 5.60. The molecule has 142 valence electrons. The fourth-order valence-corrected chi connectivity index (χ4v) is 4.11. The Balaban J connectivity index is 1.44. The van der Waals surface area contributed by atoms with Crippen LogP contribution in [0.15, 0.2) is 30.5 Å². The zero-order valence-corrected chi connectivity index (χ0v) is 15.1. The lowest BCUT2D eigenvalue weighted by molar-refractivity contribution is -0.144. The first kappa shape index (κ1) is 17.7. The van der Waals surface area contributed by atoms with Crippen molar-refractivity contribution in [3.63, 3.8) is 0 Å². The summed E-state index contributed by atoms with van der Waals surface area (Å²) in [6.07, 6.45) is 4.81. The number of H-pyrrole nitrogens is 1. The van der Waals surface area contributed by atoms with Crippen LogP contribution in [-0.4, -0.2) is 46.5 Å². The van der Waals surface area contributed by atoms with Crippen LogP contribution in [0.25, 0.3) is 11.1 Å². The number of carbonyl (C=O) groups is 2. The average Bonchev–Trinajstić information content (AvgIpc) is 3.18. The summed E-state index contributed by atoms with van der Waals surface area (Å²) in [6, 6.07) is 6.50. The zero-order chi connectivity index (χ0) is 18.8. The lowest BCUT2D eigenvalue weighted by Crippen LogP contribution is -2.48. The van der Waals surface area contributed by atoms with E-state index in [0.29, 0.717) is 26.1 Å². The minimum Gasteiger partial charge on any atom is -0.355 e. The monoisotopic (exact) mass is 370 g/mol. The van der Waals surface area contributed by atoms with Crippen molar-refractivity contribution in [1.29, 1.82) is 0 Å². The molecule has 4 rings (SSSR count). The molecule has 0 spiro atoms. The molecule has 2 N–H and O–H groups in total. The maximum Gasteiger partial charge on any atom is 0.235 e. The first-order valence-electron chi connectivity index (χ1n) is 9.49. The Kier molecular flexibility index (Phi) is 4.92. The molecule has 2 fully saturated rings. The molecule has 0 aliphatic carbocycles. The fourth-order valence-electron chi connectivity index (χ4n) is 4.11. The molecule has 2 saturated heterocycles. The molecule has 2 aliphatic heterocycles. The van der Waals surface area contributed by atoms with Gasteiger partial charge >= 0.3 is 0 Å². The highest BCUT2D eigenvalue weighted by molar-refractivity contribution is 6.00. The number of rotatable bonds is 3. The number of aromatic nitrogens is 2. The van der Waals surface area contributed by atoms with E-state index in [0.717, 1.165) is 36.1 Å². The Morgan fingerprint density at radius 1 is 1.22 bits per heavy atom. The van der Waals surface area contributed by atoms with Gasteiger partial charge < -0.3 is 10.2 Å². The first-order valence-corrected chi connectivity index (χ1v) is 9.49. The summed E-state index contributed by atoms with van der Waals surface area (Å²) in [5, 5.41) is 10.0. The number of nitrogens with one attached hydrogen (secondary N) is 2. The van der Waals surface area contributed by atoms with Gasteiger partial charge in [0.1, 0.15) is 11.7 Å². The minimum absolute atomic E-state index is 0.0550. The summed E-state index contributed by atoms with van der Waals surface area (Å²) in [7, 11) is 0. The van der Waals surface area contributed by atoms with Gasteiger partial charge in [-0.15, -0.1) is 0 Å². The van der Waals surface area contributed by atoms with Crippen LogP contribution in [0.4, 0.5) is 4.39 Å². The molecule has 3 heterocycles. The lowest BCUT2D eigenvalue weighted by atomic mass is 9.88. The number of amides is 2. The summed E-state index contributed by atoms with van der Waals surface area (Å²) in [5.74, 6) is -0.776. The minimum atomic E-state index is -0.537. The molecule has 1 atom stereocenters. The van der Waals surface area contributed by atoms with E-state index in [4.69, 9.17) is 0 Å². The molecule has 0 saturated carbocycles. The standard InChI is InChI=1S/C20H23FN4O2/c21-15-4-1-3-14(11-15)17-12-23-24-18(17)13-6-9-25(10-7-13)20(27)16-5-2-8-22-19(16)26/h1,3-4,11-13,16H,2,5-10H2,(H,22,26)(H,23,24)/t16-/m1/s1. The quantitative estimate of drug-likeness (QED) is 0.815. The number of hydrogen-bond acceptors (Lipinski definition) is 3. The third kappa shape index (κ3) is 3.59. The number of hydrogen-bond donors (Lipinski definition) is 2. The second-order valence-corrected chi connectivity index (χ2v) is 7.29.